The summed E-state index contributed by atoms with van der Waals surface area (Å²) in [6.45, 7) is 3.94. The average molecular weight is 452 g/mol. The molecule has 1 N–H and O–H groups in total. The minimum atomic E-state index is -0.115. The Kier molecular flexibility index (Phi) is 6.01. The summed E-state index contributed by atoms with van der Waals surface area (Å²) >= 11 is 11.0. The molecule has 0 spiro atoms. The van der Waals surface area contributed by atoms with Crippen molar-refractivity contribution in [3.63, 3.8) is 0 Å². The third kappa shape index (κ3) is 4.47. The molecule has 0 radical (unpaired) electrons. The number of thioether (sulfide) groups is 1. The zero-order valence-corrected chi connectivity index (χ0v) is 17.3. The molecular weight excluding hydrogens is 436 g/mol. The Hall–Kier alpha value is -1.83. The summed E-state index contributed by atoms with van der Waals surface area (Å²) in [7, 11) is 0. The van der Waals surface area contributed by atoms with E-state index in [-0.39, 0.29) is 11.7 Å². The summed E-state index contributed by atoms with van der Waals surface area (Å²) in [5.74, 6) is 0.106. The number of benzene rings is 2. The van der Waals surface area contributed by atoms with Crippen LogP contribution in [0.15, 0.2) is 52.4 Å². The molecule has 0 aliphatic carbocycles. The second kappa shape index (κ2) is 8.24. The number of carbonyl (C=O) groups excluding carboxylic acids is 1. The molecule has 1 amide bonds. The van der Waals surface area contributed by atoms with Crippen molar-refractivity contribution in [3.8, 4) is 5.69 Å². The highest BCUT2D eigenvalue weighted by molar-refractivity contribution is 9.10. The largest absolute Gasteiger partial charge is 0.324 e. The van der Waals surface area contributed by atoms with Crippen molar-refractivity contribution in [2.45, 2.75) is 19.0 Å². The molecule has 0 bridgehead atoms. The molecule has 1 aromatic heterocycles. The first kappa shape index (κ1) is 18.9. The number of aryl methyl sites for hydroxylation is 2. The van der Waals surface area contributed by atoms with Gasteiger partial charge in [0.15, 0.2) is 5.16 Å². The SMILES string of the molecule is Cc1ccc(NC(=O)CSc2nncn2-c2ccc(C)c(Cl)c2)c(Br)c1. The maximum Gasteiger partial charge on any atom is 0.234 e. The van der Waals surface area contributed by atoms with Gasteiger partial charge in [0.05, 0.1) is 17.1 Å². The van der Waals surface area contributed by atoms with Crippen LogP contribution in [0, 0.1) is 13.8 Å². The van der Waals surface area contributed by atoms with Crippen molar-refractivity contribution < 1.29 is 4.79 Å². The zero-order chi connectivity index (χ0) is 18.7. The van der Waals surface area contributed by atoms with Gasteiger partial charge in [0.2, 0.25) is 5.91 Å². The van der Waals surface area contributed by atoms with E-state index < -0.39 is 0 Å². The van der Waals surface area contributed by atoms with E-state index in [4.69, 9.17) is 11.6 Å². The Bertz CT molecular complexity index is 960. The topological polar surface area (TPSA) is 59.8 Å². The molecule has 0 fully saturated rings. The molecule has 26 heavy (non-hydrogen) atoms. The number of hydrogen-bond donors (Lipinski definition) is 1. The van der Waals surface area contributed by atoms with Gasteiger partial charge in [-0.1, -0.05) is 35.5 Å². The molecule has 8 heteroatoms. The molecule has 1 heterocycles. The standard InChI is InChI=1S/C18H16BrClN4OS/c1-11-3-6-16(14(19)7-11)22-17(25)9-26-18-23-21-10-24(18)13-5-4-12(2)15(20)8-13/h3-8,10H,9H2,1-2H3,(H,22,25). The molecular formula is C18H16BrClN4OS. The van der Waals surface area contributed by atoms with E-state index in [0.29, 0.717) is 10.2 Å². The van der Waals surface area contributed by atoms with Crippen LogP contribution in [0.5, 0.6) is 0 Å². The second-order valence-electron chi connectivity index (χ2n) is 5.74. The second-order valence-corrected chi connectivity index (χ2v) is 7.94. The number of halogens is 2. The van der Waals surface area contributed by atoms with E-state index in [1.165, 1.54) is 11.8 Å². The van der Waals surface area contributed by atoms with Crippen LogP contribution in [-0.2, 0) is 4.79 Å². The van der Waals surface area contributed by atoms with Crippen LogP contribution < -0.4 is 5.32 Å². The minimum Gasteiger partial charge on any atom is -0.324 e. The van der Waals surface area contributed by atoms with E-state index in [0.717, 1.165) is 27.0 Å². The highest BCUT2D eigenvalue weighted by Crippen LogP contribution is 2.25. The maximum atomic E-state index is 12.3. The van der Waals surface area contributed by atoms with Crippen molar-refractivity contribution >= 4 is 50.9 Å². The Morgan fingerprint density at radius 3 is 2.81 bits per heavy atom. The van der Waals surface area contributed by atoms with Gasteiger partial charge >= 0.3 is 0 Å². The Morgan fingerprint density at radius 1 is 1.27 bits per heavy atom. The number of anilines is 1. The van der Waals surface area contributed by atoms with E-state index in [1.807, 2.05) is 54.8 Å². The molecule has 0 aliphatic rings. The summed E-state index contributed by atoms with van der Waals surface area (Å²) in [4.78, 5) is 12.3. The predicted octanol–water partition coefficient (Wildman–Crippen LogP) is 5.03. The van der Waals surface area contributed by atoms with Crippen LogP contribution in [0.2, 0.25) is 5.02 Å². The molecule has 0 saturated carbocycles. The van der Waals surface area contributed by atoms with E-state index in [2.05, 4.69) is 31.4 Å². The summed E-state index contributed by atoms with van der Waals surface area (Å²) in [6.07, 6.45) is 1.61. The van der Waals surface area contributed by atoms with Crippen molar-refractivity contribution in [3.05, 3.63) is 63.3 Å². The molecule has 134 valence electrons. The summed E-state index contributed by atoms with van der Waals surface area (Å²) in [5.41, 5.74) is 3.72. The lowest BCUT2D eigenvalue weighted by atomic mass is 10.2. The van der Waals surface area contributed by atoms with Crippen LogP contribution in [0.25, 0.3) is 5.69 Å². The predicted molar refractivity (Wildman–Crippen MR) is 109 cm³/mol. The van der Waals surface area contributed by atoms with Crippen molar-refractivity contribution in [1.29, 1.82) is 0 Å². The van der Waals surface area contributed by atoms with E-state index >= 15 is 0 Å². The first-order chi connectivity index (χ1) is 12.4. The van der Waals surface area contributed by atoms with Gasteiger partial charge in [-0.05, 0) is 65.2 Å². The molecule has 2 aromatic carbocycles. The van der Waals surface area contributed by atoms with Gasteiger partial charge in [0.25, 0.3) is 0 Å². The summed E-state index contributed by atoms with van der Waals surface area (Å²) < 4.78 is 2.67. The highest BCUT2D eigenvalue weighted by atomic mass is 79.9. The fourth-order valence-electron chi connectivity index (χ4n) is 2.27. The van der Waals surface area contributed by atoms with Crippen LogP contribution in [0.1, 0.15) is 11.1 Å². The third-order valence-electron chi connectivity index (χ3n) is 3.68. The normalized spacial score (nSPS) is 10.8. The van der Waals surface area contributed by atoms with Gasteiger partial charge < -0.3 is 5.32 Å². The molecule has 0 saturated heterocycles. The number of hydrogen-bond acceptors (Lipinski definition) is 4. The number of amides is 1. The van der Waals surface area contributed by atoms with Crippen molar-refractivity contribution in [2.75, 3.05) is 11.1 Å². The van der Waals surface area contributed by atoms with E-state index in [1.54, 1.807) is 6.33 Å². The van der Waals surface area contributed by atoms with Crippen molar-refractivity contribution in [2.24, 2.45) is 0 Å². The van der Waals surface area contributed by atoms with Crippen LogP contribution in [0.3, 0.4) is 0 Å². The van der Waals surface area contributed by atoms with E-state index in [9.17, 15) is 4.79 Å². The van der Waals surface area contributed by atoms with Gasteiger partial charge in [0.1, 0.15) is 6.33 Å². The Morgan fingerprint density at radius 2 is 2.08 bits per heavy atom. The lowest BCUT2D eigenvalue weighted by molar-refractivity contribution is -0.113. The first-order valence-corrected chi connectivity index (χ1v) is 9.95. The van der Waals surface area contributed by atoms with Crippen LogP contribution >= 0.6 is 39.3 Å². The fraction of sp³-hybridized carbons (Fsp3) is 0.167. The summed E-state index contributed by atoms with van der Waals surface area (Å²) in [5, 5.41) is 12.2. The highest BCUT2D eigenvalue weighted by Gasteiger charge is 2.12. The van der Waals surface area contributed by atoms with Crippen molar-refractivity contribution in [1.82, 2.24) is 14.8 Å². The monoisotopic (exact) mass is 450 g/mol. The number of nitrogens with zero attached hydrogens (tertiary/aromatic N) is 3. The lowest BCUT2D eigenvalue weighted by Gasteiger charge is -2.09. The Labute approximate surface area is 169 Å². The zero-order valence-electron chi connectivity index (χ0n) is 14.2. The fourth-order valence-corrected chi connectivity index (χ4v) is 3.77. The molecule has 3 aromatic rings. The van der Waals surface area contributed by atoms with Gasteiger partial charge in [-0.2, -0.15) is 0 Å². The smallest absolute Gasteiger partial charge is 0.234 e. The molecule has 0 atom stereocenters. The number of rotatable bonds is 5. The van der Waals surface area contributed by atoms with Crippen LogP contribution in [0.4, 0.5) is 5.69 Å². The van der Waals surface area contributed by atoms with Gasteiger partial charge in [-0.3, -0.25) is 9.36 Å². The van der Waals surface area contributed by atoms with Crippen LogP contribution in [-0.4, -0.2) is 26.4 Å². The maximum absolute atomic E-state index is 12.3. The average Bonchev–Trinajstić information content (AvgIpc) is 3.06. The summed E-state index contributed by atoms with van der Waals surface area (Å²) in [6, 6.07) is 11.5. The van der Waals surface area contributed by atoms with Gasteiger partial charge in [-0.15, -0.1) is 10.2 Å². The number of nitrogens with one attached hydrogen (secondary N) is 1. The van der Waals surface area contributed by atoms with Gasteiger partial charge in [-0.25, -0.2) is 0 Å². The number of carbonyl (C=O) groups is 1. The number of aromatic nitrogens is 3. The molecule has 0 unspecified atom stereocenters. The molecule has 3 rings (SSSR count). The third-order valence-corrected chi connectivity index (χ3v) is 5.69. The quantitative estimate of drug-likeness (QED) is 0.553. The minimum absolute atomic E-state index is 0.115. The lowest BCUT2D eigenvalue weighted by Crippen LogP contribution is -2.15. The molecule has 5 nitrogen and oxygen atoms in total. The first-order valence-electron chi connectivity index (χ1n) is 7.79. The molecule has 0 aliphatic heterocycles. The van der Waals surface area contributed by atoms with Gasteiger partial charge in [0, 0.05) is 9.50 Å². The Balaban J connectivity index is 1.68.